The number of carbonyl (C=O) groups is 2. The predicted octanol–water partition coefficient (Wildman–Crippen LogP) is 3.82. The molecule has 1 saturated heterocycles. The molecule has 0 saturated carbocycles. The van der Waals surface area contributed by atoms with Crippen LogP contribution in [0, 0.1) is 5.92 Å². The third-order valence-corrected chi connectivity index (χ3v) is 4.57. The summed E-state index contributed by atoms with van der Waals surface area (Å²) >= 11 is 0. The van der Waals surface area contributed by atoms with E-state index in [-0.39, 0.29) is 11.7 Å². The first-order valence-corrected chi connectivity index (χ1v) is 8.72. The first kappa shape index (κ1) is 17.2. The van der Waals surface area contributed by atoms with Crippen LogP contribution in [0.4, 0.5) is 0 Å². The Hall–Kier alpha value is -2.62. The summed E-state index contributed by atoms with van der Waals surface area (Å²) in [7, 11) is 0. The standard InChI is InChI=1S/C21H23NO3/c1-16(23)19-11-5-6-12-20(19)21(24)22-13-7-8-17(14-22)15-25-18-9-3-2-4-10-18/h2-6,9-12,17H,7-8,13-15H2,1H3/t17-/m0/s1. The number of carbonyl (C=O) groups excluding carboxylic acids is 2. The fraction of sp³-hybridized carbons (Fsp3) is 0.333. The molecule has 25 heavy (non-hydrogen) atoms. The van der Waals surface area contributed by atoms with Crippen LogP contribution in [0.25, 0.3) is 0 Å². The van der Waals surface area contributed by atoms with Gasteiger partial charge >= 0.3 is 0 Å². The second-order valence-electron chi connectivity index (χ2n) is 6.49. The van der Waals surface area contributed by atoms with Crippen LogP contribution < -0.4 is 4.74 Å². The van der Waals surface area contributed by atoms with E-state index in [1.54, 1.807) is 24.3 Å². The maximum absolute atomic E-state index is 12.9. The molecule has 0 unspecified atom stereocenters. The number of likely N-dealkylation sites (tertiary alicyclic amines) is 1. The fourth-order valence-electron chi connectivity index (χ4n) is 3.26. The smallest absolute Gasteiger partial charge is 0.254 e. The molecule has 1 aliphatic heterocycles. The van der Waals surface area contributed by atoms with E-state index in [4.69, 9.17) is 4.74 Å². The van der Waals surface area contributed by atoms with Gasteiger partial charge in [0, 0.05) is 24.6 Å². The molecule has 0 N–H and O–H groups in total. The molecule has 3 rings (SSSR count). The molecule has 4 heteroatoms. The number of piperidine rings is 1. The molecule has 0 aromatic heterocycles. The lowest BCUT2D eigenvalue weighted by Crippen LogP contribution is -2.42. The van der Waals surface area contributed by atoms with E-state index in [1.165, 1.54) is 6.92 Å². The van der Waals surface area contributed by atoms with Gasteiger partial charge in [-0.05, 0) is 38.0 Å². The summed E-state index contributed by atoms with van der Waals surface area (Å²) in [4.78, 5) is 26.5. The Kier molecular flexibility index (Phi) is 5.49. The summed E-state index contributed by atoms with van der Waals surface area (Å²) in [6.45, 7) is 3.49. The van der Waals surface area contributed by atoms with Gasteiger partial charge in [-0.3, -0.25) is 9.59 Å². The van der Waals surface area contributed by atoms with E-state index in [0.29, 0.717) is 30.2 Å². The summed E-state index contributed by atoms with van der Waals surface area (Å²) < 4.78 is 5.85. The van der Waals surface area contributed by atoms with E-state index in [0.717, 1.165) is 25.1 Å². The molecule has 1 amide bonds. The number of ketones is 1. The second-order valence-corrected chi connectivity index (χ2v) is 6.49. The highest BCUT2D eigenvalue weighted by Crippen LogP contribution is 2.21. The topological polar surface area (TPSA) is 46.6 Å². The Morgan fingerprint density at radius 2 is 1.72 bits per heavy atom. The first-order chi connectivity index (χ1) is 12.1. The SMILES string of the molecule is CC(=O)c1ccccc1C(=O)N1CCC[C@H](COc2ccccc2)C1. The van der Waals surface area contributed by atoms with Crippen LogP contribution in [-0.4, -0.2) is 36.3 Å². The van der Waals surface area contributed by atoms with E-state index < -0.39 is 0 Å². The second kappa shape index (κ2) is 7.97. The molecule has 1 fully saturated rings. The number of ether oxygens (including phenoxy) is 1. The van der Waals surface area contributed by atoms with Gasteiger partial charge in [0.2, 0.25) is 0 Å². The molecule has 0 spiro atoms. The van der Waals surface area contributed by atoms with Crippen molar-refractivity contribution < 1.29 is 14.3 Å². The van der Waals surface area contributed by atoms with Gasteiger partial charge in [-0.1, -0.05) is 36.4 Å². The monoisotopic (exact) mass is 337 g/mol. The summed E-state index contributed by atoms with van der Waals surface area (Å²) in [5.74, 6) is 1.02. The summed E-state index contributed by atoms with van der Waals surface area (Å²) in [6, 6.07) is 16.8. The van der Waals surface area contributed by atoms with Gasteiger partial charge in [0.1, 0.15) is 5.75 Å². The van der Waals surface area contributed by atoms with Crippen LogP contribution in [0.1, 0.15) is 40.5 Å². The number of rotatable bonds is 5. The quantitative estimate of drug-likeness (QED) is 0.779. The zero-order valence-corrected chi connectivity index (χ0v) is 14.5. The Labute approximate surface area is 148 Å². The van der Waals surface area contributed by atoms with Crippen molar-refractivity contribution in [2.45, 2.75) is 19.8 Å². The zero-order valence-electron chi connectivity index (χ0n) is 14.5. The summed E-state index contributed by atoms with van der Waals surface area (Å²) in [5.41, 5.74) is 0.995. The average molecular weight is 337 g/mol. The third kappa shape index (κ3) is 4.27. The normalized spacial score (nSPS) is 17.2. The lowest BCUT2D eigenvalue weighted by atomic mass is 9.97. The van der Waals surface area contributed by atoms with E-state index >= 15 is 0 Å². The zero-order chi connectivity index (χ0) is 17.6. The molecule has 1 heterocycles. The molecule has 2 aromatic carbocycles. The van der Waals surface area contributed by atoms with Crippen LogP contribution in [0.2, 0.25) is 0 Å². The van der Waals surface area contributed by atoms with Crippen molar-refractivity contribution in [3.05, 3.63) is 65.7 Å². The van der Waals surface area contributed by atoms with E-state index in [9.17, 15) is 9.59 Å². The van der Waals surface area contributed by atoms with Crippen molar-refractivity contribution in [2.24, 2.45) is 5.92 Å². The Bertz CT molecular complexity index is 742. The van der Waals surface area contributed by atoms with Crippen molar-refractivity contribution >= 4 is 11.7 Å². The maximum atomic E-state index is 12.9. The number of para-hydroxylation sites is 1. The molecule has 4 nitrogen and oxygen atoms in total. The van der Waals surface area contributed by atoms with Crippen LogP contribution in [0.3, 0.4) is 0 Å². The van der Waals surface area contributed by atoms with Crippen LogP contribution in [0.15, 0.2) is 54.6 Å². The fourth-order valence-corrected chi connectivity index (χ4v) is 3.26. The van der Waals surface area contributed by atoms with Crippen molar-refractivity contribution in [1.29, 1.82) is 0 Å². The first-order valence-electron chi connectivity index (χ1n) is 8.72. The van der Waals surface area contributed by atoms with Crippen molar-refractivity contribution in [2.75, 3.05) is 19.7 Å². The number of hydrogen-bond donors (Lipinski definition) is 0. The number of benzene rings is 2. The predicted molar refractivity (Wildman–Crippen MR) is 97.0 cm³/mol. The lowest BCUT2D eigenvalue weighted by Gasteiger charge is -2.33. The maximum Gasteiger partial charge on any atom is 0.254 e. The molecule has 2 aromatic rings. The van der Waals surface area contributed by atoms with Gasteiger partial charge in [0.25, 0.3) is 5.91 Å². The molecular formula is C21H23NO3. The summed E-state index contributed by atoms with van der Waals surface area (Å²) in [6.07, 6.45) is 2.00. The van der Waals surface area contributed by atoms with Crippen molar-refractivity contribution in [3.63, 3.8) is 0 Å². The molecule has 0 radical (unpaired) electrons. The molecule has 130 valence electrons. The van der Waals surface area contributed by atoms with Gasteiger partial charge in [0.05, 0.1) is 12.2 Å². The lowest BCUT2D eigenvalue weighted by molar-refractivity contribution is 0.0630. The number of amides is 1. The molecule has 0 aliphatic carbocycles. The number of nitrogens with zero attached hydrogens (tertiary/aromatic N) is 1. The van der Waals surface area contributed by atoms with E-state index in [1.807, 2.05) is 35.2 Å². The van der Waals surface area contributed by atoms with Gasteiger partial charge in [0.15, 0.2) is 5.78 Å². The minimum Gasteiger partial charge on any atom is -0.493 e. The Morgan fingerprint density at radius 3 is 2.44 bits per heavy atom. The van der Waals surface area contributed by atoms with Crippen molar-refractivity contribution in [3.8, 4) is 5.75 Å². The summed E-state index contributed by atoms with van der Waals surface area (Å²) in [5, 5.41) is 0. The average Bonchev–Trinajstić information content (AvgIpc) is 2.67. The van der Waals surface area contributed by atoms with Gasteiger partial charge in [-0.25, -0.2) is 0 Å². The van der Waals surface area contributed by atoms with Gasteiger partial charge < -0.3 is 9.64 Å². The Morgan fingerprint density at radius 1 is 1.04 bits per heavy atom. The van der Waals surface area contributed by atoms with Crippen LogP contribution >= 0.6 is 0 Å². The highest BCUT2D eigenvalue weighted by atomic mass is 16.5. The minimum atomic E-state index is -0.0788. The number of Topliss-reactive ketones (excluding diaryl/α,β-unsaturated/α-hetero) is 1. The van der Waals surface area contributed by atoms with Crippen molar-refractivity contribution in [1.82, 2.24) is 4.90 Å². The molecule has 1 aliphatic rings. The third-order valence-electron chi connectivity index (χ3n) is 4.57. The minimum absolute atomic E-state index is 0.0600. The van der Waals surface area contributed by atoms with Crippen LogP contribution in [-0.2, 0) is 0 Å². The highest BCUT2D eigenvalue weighted by Gasteiger charge is 2.26. The molecular weight excluding hydrogens is 314 g/mol. The van der Waals surface area contributed by atoms with Gasteiger partial charge in [-0.15, -0.1) is 0 Å². The highest BCUT2D eigenvalue weighted by molar-refractivity contribution is 6.07. The number of hydrogen-bond acceptors (Lipinski definition) is 3. The van der Waals surface area contributed by atoms with Crippen LogP contribution in [0.5, 0.6) is 5.75 Å². The van der Waals surface area contributed by atoms with E-state index in [2.05, 4.69) is 0 Å². The largest absolute Gasteiger partial charge is 0.493 e. The van der Waals surface area contributed by atoms with Gasteiger partial charge in [-0.2, -0.15) is 0 Å². The Balaban J connectivity index is 1.65. The molecule has 0 bridgehead atoms. The molecule has 1 atom stereocenters.